The van der Waals surface area contributed by atoms with Crippen molar-refractivity contribution >= 4 is 18.3 Å². The number of nitrogens with one attached hydrogen (secondary N) is 2. The normalized spacial score (nSPS) is 20.3. The molecule has 0 bridgehead atoms. The molecular weight excluding hydrogens is 302 g/mol. The lowest BCUT2D eigenvalue weighted by Crippen LogP contribution is -2.31. The van der Waals surface area contributed by atoms with Crippen LogP contribution in [0.5, 0.6) is 0 Å². The van der Waals surface area contributed by atoms with Crippen LogP contribution in [-0.2, 0) is 0 Å². The minimum atomic E-state index is -0.0765. The minimum absolute atomic E-state index is 0. The van der Waals surface area contributed by atoms with E-state index in [1.165, 1.54) is 12.8 Å². The van der Waals surface area contributed by atoms with Crippen LogP contribution in [0.4, 0.5) is 0 Å². The smallest absolute Gasteiger partial charge is 0.273 e. The zero-order chi connectivity index (χ0) is 14.9. The molecule has 0 atom stereocenters. The topological polar surface area (TPSA) is 71.8 Å². The van der Waals surface area contributed by atoms with Gasteiger partial charge in [-0.1, -0.05) is 12.1 Å². The maximum atomic E-state index is 12.3. The molecule has 6 nitrogen and oxygen atoms in total. The van der Waals surface area contributed by atoms with Crippen LogP contribution in [-0.4, -0.2) is 40.5 Å². The summed E-state index contributed by atoms with van der Waals surface area (Å²) in [5.41, 5.74) is 1.73. The van der Waals surface area contributed by atoms with Crippen molar-refractivity contribution in [3.63, 3.8) is 0 Å². The van der Waals surface area contributed by atoms with Gasteiger partial charge in [-0.3, -0.25) is 4.79 Å². The van der Waals surface area contributed by atoms with Gasteiger partial charge in [0.15, 0.2) is 5.69 Å². The number of carbonyl (C=O) groups excluding carboxylic acids is 1. The molecule has 2 fully saturated rings. The first-order valence-corrected chi connectivity index (χ1v) is 8.06. The number of rotatable bonds is 5. The van der Waals surface area contributed by atoms with Crippen LogP contribution in [0.15, 0.2) is 0 Å². The van der Waals surface area contributed by atoms with Gasteiger partial charge in [0.1, 0.15) is 0 Å². The van der Waals surface area contributed by atoms with Gasteiger partial charge < -0.3 is 10.6 Å². The number of carbonyl (C=O) groups is 1. The van der Waals surface area contributed by atoms with E-state index in [-0.39, 0.29) is 18.3 Å². The lowest BCUT2D eigenvalue weighted by Gasteiger charge is -2.23. The molecule has 2 heterocycles. The second-order valence-electron chi connectivity index (χ2n) is 6.49. The first-order valence-electron chi connectivity index (χ1n) is 8.06. The Kier molecular flexibility index (Phi) is 5.45. The molecule has 1 saturated heterocycles. The Hall–Kier alpha value is -1.14. The van der Waals surface area contributed by atoms with Crippen molar-refractivity contribution in [2.24, 2.45) is 5.41 Å². The zero-order valence-corrected chi connectivity index (χ0v) is 14.2. The van der Waals surface area contributed by atoms with Crippen molar-refractivity contribution in [3.8, 4) is 0 Å². The summed E-state index contributed by atoms with van der Waals surface area (Å²) < 4.78 is 1.93. The van der Waals surface area contributed by atoms with Gasteiger partial charge in [-0.25, -0.2) is 4.68 Å². The van der Waals surface area contributed by atoms with E-state index in [0.717, 1.165) is 44.6 Å². The summed E-state index contributed by atoms with van der Waals surface area (Å²) >= 11 is 0. The van der Waals surface area contributed by atoms with Gasteiger partial charge >= 0.3 is 0 Å². The molecule has 0 aromatic carbocycles. The number of halogens is 1. The lowest BCUT2D eigenvalue weighted by atomic mass is 10.0. The molecule has 124 valence electrons. The molecule has 1 amide bonds. The fraction of sp³-hybridized carbons (Fsp3) is 0.800. The van der Waals surface area contributed by atoms with Crippen LogP contribution in [0.2, 0.25) is 0 Å². The highest BCUT2D eigenvalue weighted by Gasteiger charge is 2.40. The van der Waals surface area contributed by atoms with Gasteiger partial charge in [0.25, 0.3) is 5.91 Å². The predicted octanol–water partition coefficient (Wildman–Crippen LogP) is 1.85. The van der Waals surface area contributed by atoms with Gasteiger partial charge in [-0.2, -0.15) is 0 Å². The third kappa shape index (κ3) is 3.43. The Bertz CT molecular complexity index is 520. The van der Waals surface area contributed by atoms with Crippen LogP contribution in [0.25, 0.3) is 0 Å². The summed E-state index contributed by atoms with van der Waals surface area (Å²) in [6, 6.07) is 0.366. The molecule has 1 aromatic heterocycles. The second kappa shape index (κ2) is 6.96. The quantitative estimate of drug-likeness (QED) is 0.865. The molecule has 1 aromatic rings. The third-order valence-electron chi connectivity index (χ3n) is 5.13. The highest BCUT2D eigenvalue weighted by Crippen LogP contribution is 2.47. The van der Waals surface area contributed by atoms with Crippen LogP contribution in [0.1, 0.15) is 61.3 Å². The molecule has 0 unspecified atom stereocenters. The number of piperidine rings is 1. The summed E-state index contributed by atoms with van der Waals surface area (Å²) in [5.74, 6) is -0.0765. The first kappa shape index (κ1) is 17.2. The molecule has 1 aliphatic carbocycles. The summed E-state index contributed by atoms with van der Waals surface area (Å²) in [6.07, 6.45) is 5.68. The van der Waals surface area contributed by atoms with E-state index in [0.29, 0.717) is 17.2 Å². The SMILES string of the molecule is CCC1(CNC(=O)c2nnn(C3CCNCC3)c2C)CC1.Cl. The van der Waals surface area contributed by atoms with Crippen molar-refractivity contribution in [1.29, 1.82) is 0 Å². The largest absolute Gasteiger partial charge is 0.350 e. The van der Waals surface area contributed by atoms with E-state index in [2.05, 4.69) is 27.9 Å². The van der Waals surface area contributed by atoms with Crippen molar-refractivity contribution in [3.05, 3.63) is 11.4 Å². The molecule has 2 aliphatic rings. The van der Waals surface area contributed by atoms with E-state index >= 15 is 0 Å². The fourth-order valence-corrected chi connectivity index (χ4v) is 3.13. The van der Waals surface area contributed by atoms with E-state index in [1.54, 1.807) is 0 Å². The number of hydrogen-bond donors (Lipinski definition) is 2. The monoisotopic (exact) mass is 327 g/mol. The number of aromatic nitrogens is 3. The second-order valence-corrected chi connectivity index (χ2v) is 6.49. The molecule has 1 aliphatic heterocycles. The van der Waals surface area contributed by atoms with Crippen molar-refractivity contribution in [2.75, 3.05) is 19.6 Å². The highest BCUT2D eigenvalue weighted by atomic mass is 35.5. The van der Waals surface area contributed by atoms with E-state index < -0.39 is 0 Å². The van der Waals surface area contributed by atoms with E-state index in [4.69, 9.17) is 0 Å². The molecule has 3 rings (SSSR count). The van der Waals surface area contributed by atoms with E-state index in [9.17, 15) is 4.79 Å². The number of amides is 1. The summed E-state index contributed by atoms with van der Waals surface area (Å²) in [4.78, 5) is 12.3. The average Bonchev–Trinajstić information content (AvgIpc) is 3.21. The third-order valence-corrected chi connectivity index (χ3v) is 5.13. The van der Waals surface area contributed by atoms with Crippen LogP contribution < -0.4 is 10.6 Å². The first-order chi connectivity index (χ1) is 10.2. The Morgan fingerprint density at radius 2 is 2.09 bits per heavy atom. The molecule has 22 heavy (non-hydrogen) atoms. The Labute approximate surface area is 137 Å². The van der Waals surface area contributed by atoms with Crippen LogP contribution >= 0.6 is 12.4 Å². The van der Waals surface area contributed by atoms with Crippen LogP contribution in [0, 0.1) is 12.3 Å². The number of nitrogens with zero attached hydrogens (tertiary/aromatic N) is 3. The van der Waals surface area contributed by atoms with Gasteiger partial charge in [0.2, 0.25) is 0 Å². The Morgan fingerprint density at radius 3 is 2.68 bits per heavy atom. The highest BCUT2D eigenvalue weighted by molar-refractivity contribution is 5.93. The van der Waals surface area contributed by atoms with Crippen molar-refractivity contribution < 1.29 is 4.79 Å². The van der Waals surface area contributed by atoms with Gasteiger partial charge in [0, 0.05) is 6.54 Å². The van der Waals surface area contributed by atoms with E-state index in [1.807, 2.05) is 11.6 Å². The fourth-order valence-electron chi connectivity index (χ4n) is 3.13. The maximum absolute atomic E-state index is 12.3. The standard InChI is InChI=1S/C15H25N5O.ClH/c1-3-15(6-7-15)10-17-14(21)13-11(2)20(19-18-13)12-4-8-16-9-5-12;/h12,16H,3-10H2,1-2H3,(H,17,21);1H. The summed E-state index contributed by atoms with van der Waals surface area (Å²) in [5, 5.41) is 14.7. The molecule has 0 spiro atoms. The van der Waals surface area contributed by atoms with Gasteiger partial charge in [-0.05, 0) is 57.5 Å². The Morgan fingerprint density at radius 1 is 1.41 bits per heavy atom. The summed E-state index contributed by atoms with van der Waals surface area (Å²) in [6.45, 7) is 6.92. The van der Waals surface area contributed by atoms with Gasteiger partial charge in [-0.15, -0.1) is 17.5 Å². The van der Waals surface area contributed by atoms with Crippen LogP contribution in [0.3, 0.4) is 0 Å². The lowest BCUT2D eigenvalue weighted by molar-refractivity contribution is 0.0938. The number of hydrogen-bond acceptors (Lipinski definition) is 4. The molecule has 0 radical (unpaired) electrons. The molecule has 2 N–H and O–H groups in total. The van der Waals surface area contributed by atoms with Crippen molar-refractivity contribution in [1.82, 2.24) is 25.6 Å². The molecule has 7 heteroatoms. The average molecular weight is 328 g/mol. The molecular formula is C15H26ClN5O. The van der Waals surface area contributed by atoms with Crippen molar-refractivity contribution in [2.45, 2.75) is 52.0 Å². The Balaban J connectivity index is 0.00000176. The minimum Gasteiger partial charge on any atom is -0.350 e. The zero-order valence-electron chi connectivity index (χ0n) is 13.4. The van der Waals surface area contributed by atoms with Gasteiger partial charge in [0.05, 0.1) is 11.7 Å². The molecule has 1 saturated carbocycles. The summed E-state index contributed by atoms with van der Waals surface area (Å²) in [7, 11) is 0. The maximum Gasteiger partial charge on any atom is 0.273 e. The predicted molar refractivity (Wildman–Crippen MR) is 87.4 cm³/mol.